The number of hydrogen-bond acceptors (Lipinski definition) is 7. The van der Waals surface area contributed by atoms with Gasteiger partial charge in [-0.3, -0.25) is 18.8 Å². The monoisotopic (exact) mass is 590 g/mol. The SMILES string of the molecule is CNC(=O)Cn1c(=O)n(C2CCN([C@@H]3Cc4cccc5cccc3c45)CC2)c2ccccc21.O=C(O)[C@H](O)[C@@H](O)C(=O)O. The molecule has 1 aromatic heterocycles. The Kier molecular flexibility index (Phi) is 8.62. The Labute approximate surface area is 246 Å². The largest absolute Gasteiger partial charge is 0.479 e. The first-order chi connectivity index (χ1) is 20.6. The third kappa shape index (κ3) is 5.76. The summed E-state index contributed by atoms with van der Waals surface area (Å²) in [5.74, 6) is -3.70. The van der Waals surface area contributed by atoms with E-state index in [1.54, 1.807) is 11.6 Å². The van der Waals surface area contributed by atoms with Crippen LogP contribution in [0.25, 0.3) is 21.8 Å². The van der Waals surface area contributed by atoms with Gasteiger partial charge in [-0.2, -0.15) is 0 Å². The molecular formula is C31H34N4O8. The number of fused-ring (bicyclic) bond motifs is 1. The summed E-state index contributed by atoms with van der Waals surface area (Å²) in [4.78, 5) is 47.6. The molecule has 1 aliphatic heterocycles. The molecule has 1 amide bonds. The highest BCUT2D eigenvalue weighted by Crippen LogP contribution is 2.41. The lowest BCUT2D eigenvalue weighted by Gasteiger charge is -2.36. The summed E-state index contributed by atoms with van der Waals surface area (Å²) >= 11 is 0. The minimum Gasteiger partial charge on any atom is -0.479 e. The molecule has 0 bridgehead atoms. The quantitative estimate of drug-likeness (QED) is 0.214. The fourth-order valence-corrected chi connectivity index (χ4v) is 6.23. The number of hydrogen-bond donors (Lipinski definition) is 5. The van der Waals surface area contributed by atoms with E-state index in [9.17, 15) is 19.2 Å². The number of para-hydroxylation sites is 2. The van der Waals surface area contributed by atoms with Crippen LogP contribution in [-0.4, -0.2) is 84.7 Å². The first kappa shape index (κ1) is 30.0. The van der Waals surface area contributed by atoms with E-state index in [-0.39, 0.29) is 24.2 Å². The van der Waals surface area contributed by atoms with Gasteiger partial charge in [-0.05, 0) is 53.3 Å². The summed E-state index contributed by atoms with van der Waals surface area (Å²) in [6.07, 6.45) is -1.62. The number of carbonyl (C=O) groups excluding carboxylic acids is 1. The molecule has 43 heavy (non-hydrogen) atoms. The van der Waals surface area contributed by atoms with Crippen molar-refractivity contribution in [2.75, 3.05) is 20.1 Å². The number of likely N-dealkylation sites (N-methyl/N-ethyl adjacent to an activating group) is 1. The molecule has 4 aromatic rings. The number of nitrogens with one attached hydrogen (secondary N) is 1. The lowest BCUT2D eigenvalue weighted by Crippen LogP contribution is -2.40. The topological polar surface area (TPSA) is 174 Å². The van der Waals surface area contributed by atoms with Gasteiger partial charge in [-0.15, -0.1) is 0 Å². The number of amides is 1. The number of aliphatic hydroxyl groups excluding tert-OH is 2. The average Bonchev–Trinajstić information content (AvgIpc) is 3.53. The summed E-state index contributed by atoms with van der Waals surface area (Å²) in [7, 11) is 1.60. The number of aromatic nitrogens is 2. The van der Waals surface area contributed by atoms with Gasteiger partial charge in [0.25, 0.3) is 0 Å². The number of benzene rings is 3. The van der Waals surface area contributed by atoms with Crippen LogP contribution in [0.3, 0.4) is 0 Å². The van der Waals surface area contributed by atoms with Crippen molar-refractivity contribution in [1.82, 2.24) is 19.4 Å². The normalized spacial score (nSPS) is 18.2. The van der Waals surface area contributed by atoms with Gasteiger partial charge in [0.2, 0.25) is 5.91 Å². The molecule has 226 valence electrons. The molecule has 0 saturated carbocycles. The van der Waals surface area contributed by atoms with Crippen LogP contribution in [0.15, 0.2) is 65.5 Å². The fourth-order valence-electron chi connectivity index (χ4n) is 6.23. The predicted octanol–water partition coefficient (Wildman–Crippen LogP) is 1.51. The van der Waals surface area contributed by atoms with Gasteiger partial charge in [-0.1, -0.05) is 48.5 Å². The highest BCUT2D eigenvalue weighted by Gasteiger charge is 2.33. The zero-order valence-corrected chi connectivity index (χ0v) is 23.6. The van der Waals surface area contributed by atoms with Gasteiger partial charge in [0.05, 0.1) is 11.0 Å². The summed E-state index contributed by atoms with van der Waals surface area (Å²) in [5.41, 5.74) is 4.55. The van der Waals surface area contributed by atoms with Crippen molar-refractivity contribution in [2.24, 2.45) is 0 Å². The van der Waals surface area contributed by atoms with Crippen LogP contribution >= 0.6 is 0 Å². The van der Waals surface area contributed by atoms with Gasteiger partial charge in [-0.25, -0.2) is 14.4 Å². The molecule has 12 heteroatoms. The number of nitrogens with zero attached hydrogens (tertiary/aromatic N) is 3. The van der Waals surface area contributed by atoms with E-state index < -0.39 is 24.1 Å². The Hall–Kier alpha value is -4.52. The van der Waals surface area contributed by atoms with Crippen molar-refractivity contribution >= 4 is 39.7 Å². The fraction of sp³-hybridized carbons (Fsp3) is 0.355. The van der Waals surface area contributed by atoms with Gasteiger partial charge in [0, 0.05) is 32.2 Å². The smallest absolute Gasteiger partial charge is 0.335 e. The molecule has 1 aliphatic carbocycles. The zero-order valence-electron chi connectivity index (χ0n) is 23.6. The molecule has 12 nitrogen and oxygen atoms in total. The number of imidazole rings is 1. The standard InChI is InChI=1S/C27H28N4O2.C4H6O6/c1-28-25(32)17-30-22-10-2-3-11-23(22)31(27(30)33)20-12-14-29(15-13-20)24-16-19-8-4-6-18-7-5-9-21(24)26(18)19;5-1(3(7)8)2(6)4(9)10/h2-11,20,24H,12-17H2,1H3,(H,28,32);1-2,5-6H,(H,7,8)(H,9,10)/t24-;1-,2-/m11/s1. The molecule has 5 N–H and O–H groups in total. The van der Waals surface area contributed by atoms with Gasteiger partial charge in [0.1, 0.15) is 6.54 Å². The Morgan fingerprint density at radius 2 is 1.49 bits per heavy atom. The molecule has 3 atom stereocenters. The minimum atomic E-state index is -2.27. The highest BCUT2D eigenvalue weighted by atomic mass is 16.4. The van der Waals surface area contributed by atoms with Crippen LogP contribution in [0.5, 0.6) is 0 Å². The Morgan fingerprint density at radius 3 is 2.09 bits per heavy atom. The molecule has 2 heterocycles. The van der Waals surface area contributed by atoms with Crippen molar-refractivity contribution in [3.05, 3.63) is 82.3 Å². The third-order valence-corrected chi connectivity index (χ3v) is 8.36. The van der Waals surface area contributed by atoms with E-state index in [1.165, 1.54) is 21.9 Å². The number of carbonyl (C=O) groups is 3. The number of carboxylic acids is 2. The number of aliphatic carboxylic acids is 2. The lowest BCUT2D eigenvalue weighted by molar-refractivity contribution is -0.165. The molecule has 6 rings (SSSR count). The van der Waals surface area contributed by atoms with Crippen LogP contribution in [0.1, 0.15) is 36.1 Å². The van der Waals surface area contributed by atoms with Crippen molar-refractivity contribution in [1.29, 1.82) is 0 Å². The van der Waals surface area contributed by atoms with Crippen LogP contribution in [-0.2, 0) is 27.3 Å². The van der Waals surface area contributed by atoms with Gasteiger partial charge in [0.15, 0.2) is 12.2 Å². The zero-order chi connectivity index (χ0) is 30.8. The van der Waals surface area contributed by atoms with Gasteiger partial charge >= 0.3 is 17.6 Å². The second-order valence-electron chi connectivity index (χ2n) is 10.8. The molecular weight excluding hydrogens is 556 g/mol. The summed E-state index contributed by atoms with van der Waals surface area (Å²) in [6, 6.07) is 21.7. The number of carboxylic acid groups (broad SMARTS) is 2. The van der Waals surface area contributed by atoms with Gasteiger partial charge < -0.3 is 25.7 Å². The Balaban J connectivity index is 0.000000319. The van der Waals surface area contributed by atoms with Crippen molar-refractivity contribution in [2.45, 2.75) is 50.1 Å². The maximum absolute atomic E-state index is 13.4. The first-order valence-corrected chi connectivity index (χ1v) is 14.1. The van der Waals surface area contributed by atoms with Crippen molar-refractivity contribution in [3.8, 4) is 0 Å². The maximum Gasteiger partial charge on any atom is 0.335 e. The second kappa shape index (κ2) is 12.4. The number of piperidine rings is 1. The summed E-state index contributed by atoms with van der Waals surface area (Å²) in [5, 5.41) is 37.9. The van der Waals surface area contributed by atoms with Crippen LogP contribution in [0, 0.1) is 0 Å². The maximum atomic E-state index is 13.4. The van der Waals surface area contributed by atoms with Crippen molar-refractivity contribution in [3.63, 3.8) is 0 Å². The van der Waals surface area contributed by atoms with E-state index in [0.29, 0.717) is 6.04 Å². The number of aliphatic hydroxyl groups is 2. The molecule has 1 fully saturated rings. The highest BCUT2D eigenvalue weighted by molar-refractivity contribution is 5.91. The molecule has 0 radical (unpaired) electrons. The van der Waals surface area contributed by atoms with E-state index in [0.717, 1.165) is 43.4 Å². The second-order valence-corrected chi connectivity index (χ2v) is 10.8. The summed E-state index contributed by atoms with van der Waals surface area (Å²) in [6.45, 7) is 1.97. The van der Waals surface area contributed by atoms with E-state index in [1.807, 2.05) is 28.8 Å². The lowest BCUT2D eigenvalue weighted by atomic mass is 9.99. The molecule has 3 aromatic carbocycles. The van der Waals surface area contributed by atoms with Crippen LogP contribution in [0.4, 0.5) is 0 Å². The van der Waals surface area contributed by atoms with E-state index in [4.69, 9.17) is 20.4 Å². The van der Waals surface area contributed by atoms with E-state index in [2.05, 4.69) is 46.6 Å². The molecule has 1 saturated heterocycles. The minimum absolute atomic E-state index is 0.0476. The predicted molar refractivity (Wildman–Crippen MR) is 158 cm³/mol. The third-order valence-electron chi connectivity index (χ3n) is 8.36. The molecule has 0 spiro atoms. The number of rotatable bonds is 7. The van der Waals surface area contributed by atoms with Crippen LogP contribution in [0.2, 0.25) is 0 Å². The Morgan fingerprint density at radius 1 is 0.884 bits per heavy atom. The number of likely N-dealkylation sites (tertiary alicyclic amines) is 1. The Bertz CT molecular complexity index is 1710. The molecule has 0 unspecified atom stereocenters. The van der Waals surface area contributed by atoms with Crippen LogP contribution < -0.4 is 11.0 Å². The van der Waals surface area contributed by atoms with E-state index >= 15 is 0 Å². The van der Waals surface area contributed by atoms with Crippen molar-refractivity contribution < 1.29 is 34.8 Å². The molecule has 2 aliphatic rings. The first-order valence-electron chi connectivity index (χ1n) is 14.1. The summed E-state index contributed by atoms with van der Waals surface area (Å²) < 4.78 is 3.54. The average molecular weight is 591 g/mol.